The van der Waals surface area contributed by atoms with E-state index in [0.717, 1.165) is 0 Å². The van der Waals surface area contributed by atoms with Crippen LogP contribution in [0, 0.1) is 17.2 Å². The van der Waals surface area contributed by atoms with E-state index in [1.165, 1.54) is 0 Å². The fourth-order valence-corrected chi connectivity index (χ4v) is 3.15. The maximum atomic E-state index is 12.3. The van der Waals surface area contributed by atoms with Crippen molar-refractivity contribution in [3.8, 4) is 17.6 Å². The van der Waals surface area contributed by atoms with Crippen LogP contribution in [0.3, 0.4) is 0 Å². The molecule has 0 atom stereocenters. The summed E-state index contributed by atoms with van der Waals surface area (Å²) >= 11 is 3.35. The van der Waals surface area contributed by atoms with Crippen molar-refractivity contribution in [2.75, 3.05) is 23.8 Å². The molecule has 0 heterocycles. The summed E-state index contributed by atoms with van der Waals surface area (Å²) in [6, 6.07) is 12.1. The Bertz CT molecular complexity index is 937. The lowest BCUT2D eigenvalue weighted by Crippen LogP contribution is -2.20. The number of ether oxygens (including phenoxy) is 2. The van der Waals surface area contributed by atoms with Gasteiger partial charge in [0.05, 0.1) is 22.7 Å². The normalized spacial score (nSPS) is 10.3. The smallest absolute Gasteiger partial charge is 0.262 e. The van der Waals surface area contributed by atoms with Gasteiger partial charge in [-0.15, -0.1) is 0 Å². The van der Waals surface area contributed by atoms with E-state index >= 15 is 0 Å². The second-order valence-corrected chi connectivity index (χ2v) is 7.74. The van der Waals surface area contributed by atoms with Gasteiger partial charge in [-0.1, -0.05) is 13.8 Å². The summed E-state index contributed by atoms with van der Waals surface area (Å²) in [6.45, 7) is 5.93. The number of hydrogen-bond donors (Lipinski definition) is 2. The average molecular weight is 474 g/mol. The van der Waals surface area contributed by atoms with Gasteiger partial charge in [0.1, 0.15) is 0 Å². The number of benzene rings is 2. The number of rotatable bonds is 9. The minimum atomic E-state index is -0.356. The van der Waals surface area contributed by atoms with Gasteiger partial charge in [-0.2, -0.15) is 5.26 Å². The van der Waals surface area contributed by atoms with Crippen molar-refractivity contribution in [3.63, 3.8) is 0 Å². The minimum Gasteiger partial charge on any atom is -0.490 e. The highest BCUT2D eigenvalue weighted by atomic mass is 79.9. The van der Waals surface area contributed by atoms with Crippen molar-refractivity contribution in [2.45, 2.75) is 27.2 Å². The Kier molecular flexibility index (Phi) is 8.69. The predicted molar refractivity (Wildman–Crippen MR) is 119 cm³/mol. The average Bonchev–Trinajstić information content (AvgIpc) is 2.68. The van der Waals surface area contributed by atoms with E-state index in [1.54, 1.807) is 36.4 Å². The van der Waals surface area contributed by atoms with Crippen molar-refractivity contribution >= 4 is 39.1 Å². The summed E-state index contributed by atoms with van der Waals surface area (Å²) in [4.78, 5) is 24.1. The van der Waals surface area contributed by atoms with Gasteiger partial charge in [0.15, 0.2) is 18.1 Å². The summed E-state index contributed by atoms with van der Waals surface area (Å²) in [5.41, 5.74) is 1.66. The van der Waals surface area contributed by atoms with Crippen LogP contribution in [0.25, 0.3) is 0 Å². The van der Waals surface area contributed by atoms with Crippen LogP contribution in [-0.2, 0) is 9.59 Å². The van der Waals surface area contributed by atoms with Crippen molar-refractivity contribution in [3.05, 3.63) is 46.4 Å². The summed E-state index contributed by atoms with van der Waals surface area (Å²) in [7, 11) is 0. The highest BCUT2D eigenvalue weighted by Crippen LogP contribution is 2.36. The van der Waals surface area contributed by atoms with Gasteiger partial charge >= 0.3 is 0 Å². The Morgan fingerprint density at radius 1 is 1.07 bits per heavy atom. The quantitative estimate of drug-likeness (QED) is 0.548. The molecule has 2 N–H and O–H groups in total. The van der Waals surface area contributed by atoms with Crippen LogP contribution in [0.1, 0.15) is 32.8 Å². The van der Waals surface area contributed by atoms with Gasteiger partial charge in [0, 0.05) is 23.9 Å². The van der Waals surface area contributed by atoms with Crippen molar-refractivity contribution in [2.24, 2.45) is 5.92 Å². The minimum absolute atomic E-state index is 0.0479. The van der Waals surface area contributed by atoms with E-state index in [4.69, 9.17) is 14.7 Å². The highest BCUT2D eigenvalue weighted by Gasteiger charge is 2.14. The van der Waals surface area contributed by atoms with Gasteiger partial charge in [0.2, 0.25) is 5.91 Å². The van der Waals surface area contributed by atoms with Crippen molar-refractivity contribution in [1.29, 1.82) is 5.26 Å². The molecular weight excluding hydrogens is 450 g/mol. The molecule has 2 aromatic carbocycles. The third-order valence-electron chi connectivity index (χ3n) is 3.83. The van der Waals surface area contributed by atoms with Crippen LogP contribution in [0.4, 0.5) is 11.4 Å². The third kappa shape index (κ3) is 7.08. The number of nitrogens with zero attached hydrogens (tertiary/aromatic N) is 1. The largest absolute Gasteiger partial charge is 0.490 e. The fourth-order valence-electron chi connectivity index (χ4n) is 2.59. The second-order valence-electron chi connectivity index (χ2n) is 6.89. The first kappa shape index (κ1) is 23.2. The number of amides is 2. The Morgan fingerprint density at radius 3 is 2.20 bits per heavy atom. The molecule has 0 aliphatic heterocycles. The van der Waals surface area contributed by atoms with E-state index < -0.39 is 0 Å². The lowest BCUT2D eigenvalue weighted by atomic mass is 10.1. The highest BCUT2D eigenvalue weighted by molar-refractivity contribution is 9.10. The summed E-state index contributed by atoms with van der Waals surface area (Å²) < 4.78 is 11.7. The molecule has 0 fully saturated rings. The molecule has 0 bridgehead atoms. The number of anilines is 2. The van der Waals surface area contributed by atoms with Crippen LogP contribution in [0.2, 0.25) is 0 Å². The summed E-state index contributed by atoms with van der Waals surface area (Å²) in [5, 5.41) is 14.6. The van der Waals surface area contributed by atoms with Crippen LogP contribution >= 0.6 is 15.9 Å². The number of hydrogen-bond acceptors (Lipinski definition) is 5. The molecule has 2 aromatic rings. The molecule has 30 heavy (non-hydrogen) atoms. The van der Waals surface area contributed by atoms with E-state index in [9.17, 15) is 9.59 Å². The van der Waals surface area contributed by atoms with Gasteiger partial charge in [-0.3, -0.25) is 9.59 Å². The van der Waals surface area contributed by atoms with Gasteiger partial charge < -0.3 is 20.1 Å². The Morgan fingerprint density at radius 2 is 1.67 bits per heavy atom. The molecule has 0 saturated carbocycles. The molecule has 158 valence electrons. The van der Waals surface area contributed by atoms with E-state index in [0.29, 0.717) is 45.9 Å². The van der Waals surface area contributed by atoms with E-state index in [2.05, 4.69) is 26.6 Å². The standard InChI is InChI=1S/C22H24BrN3O4/c1-4-29-19-11-15(12-24)10-18(23)22(19)30-13-21(28)26-17-7-5-16(6-8-17)25-20(27)9-14(2)3/h5-8,10-11,14H,4,9,13H2,1-3H3,(H,25,27)(H,26,28). The number of carbonyl (C=O) groups excluding carboxylic acids is 2. The van der Waals surface area contributed by atoms with Crippen molar-refractivity contribution < 1.29 is 19.1 Å². The molecule has 0 aliphatic carbocycles. The molecule has 2 rings (SSSR count). The maximum Gasteiger partial charge on any atom is 0.262 e. The molecule has 0 unspecified atom stereocenters. The fraction of sp³-hybridized carbons (Fsp3) is 0.318. The molecular formula is C22H24BrN3O4. The zero-order valence-electron chi connectivity index (χ0n) is 17.1. The van der Waals surface area contributed by atoms with Crippen LogP contribution in [-0.4, -0.2) is 25.0 Å². The first-order valence-corrected chi connectivity index (χ1v) is 10.3. The number of nitrogens with one attached hydrogen (secondary N) is 2. The Labute approximate surface area is 184 Å². The molecule has 2 amide bonds. The SMILES string of the molecule is CCOc1cc(C#N)cc(Br)c1OCC(=O)Nc1ccc(NC(=O)CC(C)C)cc1. The molecule has 0 saturated heterocycles. The van der Waals surface area contributed by atoms with Crippen LogP contribution < -0.4 is 20.1 Å². The van der Waals surface area contributed by atoms with E-state index in [-0.39, 0.29) is 24.3 Å². The number of nitriles is 1. The Balaban J connectivity index is 1.95. The molecule has 0 aliphatic rings. The van der Waals surface area contributed by atoms with Crippen LogP contribution in [0.15, 0.2) is 40.9 Å². The van der Waals surface area contributed by atoms with Gasteiger partial charge in [0.25, 0.3) is 5.91 Å². The zero-order chi connectivity index (χ0) is 22.1. The summed E-state index contributed by atoms with van der Waals surface area (Å²) in [5.74, 6) is 0.619. The van der Waals surface area contributed by atoms with Gasteiger partial charge in [-0.25, -0.2) is 0 Å². The first-order chi connectivity index (χ1) is 14.3. The zero-order valence-corrected chi connectivity index (χ0v) is 18.7. The Hall–Kier alpha value is -3.05. The molecule has 0 spiro atoms. The third-order valence-corrected chi connectivity index (χ3v) is 4.42. The summed E-state index contributed by atoms with van der Waals surface area (Å²) in [6.07, 6.45) is 0.449. The van der Waals surface area contributed by atoms with Gasteiger partial charge in [-0.05, 0) is 59.1 Å². The van der Waals surface area contributed by atoms with E-state index in [1.807, 2.05) is 26.8 Å². The molecule has 0 aromatic heterocycles. The number of halogens is 1. The number of carbonyl (C=O) groups is 2. The molecule has 0 radical (unpaired) electrons. The first-order valence-electron chi connectivity index (χ1n) is 9.51. The predicted octanol–water partition coefficient (Wildman–Crippen LogP) is 4.72. The lowest BCUT2D eigenvalue weighted by Gasteiger charge is -2.14. The topological polar surface area (TPSA) is 100 Å². The molecule has 8 heteroatoms. The maximum absolute atomic E-state index is 12.3. The van der Waals surface area contributed by atoms with Crippen LogP contribution in [0.5, 0.6) is 11.5 Å². The lowest BCUT2D eigenvalue weighted by molar-refractivity contribution is -0.118. The second kappa shape index (κ2) is 11.2. The molecule has 7 nitrogen and oxygen atoms in total. The monoisotopic (exact) mass is 473 g/mol. The van der Waals surface area contributed by atoms with Crippen molar-refractivity contribution in [1.82, 2.24) is 0 Å².